The molecule has 2 aromatic heterocycles. The molecule has 118 valence electrons. The van der Waals surface area contributed by atoms with Crippen LogP contribution in [0.15, 0.2) is 30.9 Å². The van der Waals surface area contributed by atoms with Crippen LogP contribution in [0.3, 0.4) is 0 Å². The van der Waals surface area contributed by atoms with Crippen molar-refractivity contribution in [3.63, 3.8) is 0 Å². The van der Waals surface area contributed by atoms with Gasteiger partial charge in [0.25, 0.3) is 0 Å². The molecule has 1 fully saturated rings. The molecule has 0 aromatic carbocycles. The SMILES string of the molecule is FC(F)(F)c1ccc(O[C@H]2CCN(Cc3cnc[nH]3)C2)nc1. The lowest BCUT2D eigenvalue weighted by molar-refractivity contribution is -0.137. The van der Waals surface area contributed by atoms with Crippen LogP contribution in [-0.4, -0.2) is 39.0 Å². The first-order valence-corrected chi connectivity index (χ1v) is 6.90. The van der Waals surface area contributed by atoms with Gasteiger partial charge in [0.1, 0.15) is 6.10 Å². The maximum absolute atomic E-state index is 12.5. The highest BCUT2D eigenvalue weighted by Gasteiger charge is 2.31. The van der Waals surface area contributed by atoms with Crippen molar-refractivity contribution in [3.05, 3.63) is 42.1 Å². The predicted octanol–water partition coefficient (Wildman–Crippen LogP) is 2.48. The Morgan fingerprint density at radius 1 is 1.32 bits per heavy atom. The number of nitrogens with zero attached hydrogens (tertiary/aromatic N) is 3. The van der Waals surface area contributed by atoms with Gasteiger partial charge in [-0.05, 0) is 12.5 Å². The average Bonchev–Trinajstić information content (AvgIpc) is 3.11. The summed E-state index contributed by atoms with van der Waals surface area (Å²) < 4.78 is 43.0. The lowest BCUT2D eigenvalue weighted by Crippen LogP contribution is -2.25. The molecule has 0 unspecified atom stereocenters. The Morgan fingerprint density at radius 3 is 2.82 bits per heavy atom. The van der Waals surface area contributed by atoms with Crippen molar-refractivity contribution in [2.75, 3.05) is 13.1 Å². The van der Waals surface area contributed by atoms with Crippen LogP contribution in [0.5, 0.6) is 5.88 Å². The van der Waals surface area contributed by atoms with Crippen molar-refractivity contribution in [1.29, 1.82) is 0 Å². The first-order chi connectivity index (χ1) is 10.5. The monoisotopic (exact) mass is 312 g/mol. The molecule has 2 aromatic rings. The molecule has 0 bridgehead atoms. The fourth-order valence-electron chi connectivity index (χ4n) is 2.44. The summed E-state index contributed by atoms with van der Waals surface area (Å²) in [6.07, 6.45) is 0.576. The third kappa shape index (κ3) is 3.56. The molecule has 3 heterocycles. The summed E-state index contributed by atoms with van der Waals surface area (Å²) in [7, 11) is 0. The molecular formula is C14H15F3N4O. The van der Waals surface area contributed by atoms with E-state index in [1.807, 2.05) is 0 Å². The smallest absolute Gasteiger partial charge is 0.417 e. The fraction of sp³-hybridized carbons (Fsp3) is 0.429. The number of ether oxygens (including phenoxy) is 1. The highest BCUT2D eigenvalue weighted by atomic mass is 19.4. The maximum Gasteiger partial charge on any atom is 0.417 e. The van der Waals surface area contributed by atoms with Crippen LogP contribution in [0.25, 0.3) is 0 Å². The molecule has 0 spiro atoms. The lowest BCUT2D eigenvalue weighted by Gasteiger charge is -2.16. The number of aromatic nitrogens is 3. The molecule has 1 atom stereocenters. The molecule has 8 heteroatoms. The molecule has 1 N–H and O–H groups in total. The summed E-state index contributed by atoms with van der Waals surface area (Å²) in [4.78, 5) is 12.9. The van der Waals surface area contributed by atoms with E-state index in [0.717, 1.165) is 37.5 Å². The van der Waals surface area contributed by atoms with Crippen molar-refractivity contribution < 1.29 is 17.9 Å². The van der Waals surface area contributed by atoms with Crippen LogP contribution in [0.4, 0.5) is 13.2 Å². The second kappa shape index (κ2) is 5.96. The summed E-state index contributed by atoms with van der Waals surface area (Å²) in [5.41, 5.74) is 0.250. The number of halogens is 3. The molecule has 0 amide bonds. The third-order valence-electron chi connectivity index (χ3n) is 3.53. The minimum absolute atomic E-state index is 0.0628. The van der Waals surface area contributed by atoms with E-state index in [0.29, 0.717) is 6.54 Å². The van der Waals surface area contributed by atoms with Gasteiger partial charge in [-0.25, -0.2) is 9.97 Å². The number of H-pyrrole nitrogens is 1. The Labute approximate surface area is 125 Å². The van der Waals surface area contributed by atoms with Crippen molar-refractivity contribution in [2.24, 2.45) is 0 Å². The summed E-state index contributed by atoms with van der Waals surface area (Å²) in [5.74, 6) is 0.224. The minimum atomic E-state index is -4.38. The molecule has 1 aliphatic heterocycles. The summed E-state index contributed by atoms with van der Waals surface area (Å²) in [5, 5.41) is 0. The number of aromatic amines is 1. The lowest BCUT2D eigenvalue weighted by atomic mass is 10.3. The Bertz CT molecular complexity index is 598. The minimum Gasteiger partial charge on any atom is -0.473 e. The van der Waals surface area contributed by atoms with E-state index in [-0.39, 0.29) is 12.0 Å². The zero-order valence-corrected chi connectivity index (χ0v) is 11.7. The standard InChI is InChI=1S/C14H15F3N4O/c15-14(16,17)10-1-2-13(19-5-10)22-12-3-4-21(8-12)7-11-6-18-9-20-11/h1-2,5-6,9,12H,3-4,7-8H2,(H,18,20)/t12-/m0/s1. The Kier molecular flexibility index (Phi) is 4.02. The van der Waals surface area contributed by atoms with Crippen LogP contribution < -0.4 is 4.74 Å². The van der Waals surface area contributed by atoms with E-state index < -0.39 is 11.7 Å². The Balaban J connectivity index is 1.54. The molecule has 3 rings (SSSR count). The van der Waals surface area contributed by atoms with Crippen LogP contribution >= 0.6 is 0 Å². The van der Waals surface area contributed by atoms with Crippen molar-refractivity contribution in [2.45, 2.75) is 25.2 Å². The number of likely N-dealkylation sites (tertiary alicyclic amines) is 1. The quantitative estimate of drug-likeness (QED) is 0.942. The first-order valence-electron chi connectivity index (χ1n) is 6.90. The molecule has 22 heavy (non-hydrogen) atoms. The number of hydrogen-bond acceptors (Lipinski definition) is 4. The van der Waals surface area contributed by atoms with Crippen molar-refractivity contribution in [1.82, 2.24) is 19.9 Å². The molecule has 0 saturated carbocycles. The predicted molar refractivity (Wildman–Crippen MR) is 72.1 cm³/mol. The van der Waals surface area contributed by atoms with E-state index in [2.05, 4.69) is 19.9 Å². The van der Waals surface area contributed by atoms with Gasteiger partial charge in [-0.15, -0.1) is 0 Å². The number of rotatable bonds is 4. The fourth-order valence-corrected chi connectivity index (χ4v) is 2.44. The van der Waals surface area contributed by atoms with E-state index in [4.69, 9.17) is 4.74 Å². The van der Waals surface area contributed by atoms with E-state index >= 15 is 0 Å². The summed E-state index contributed by atoms with van der Waals surface area (Å²) in [6, 6.07) is 2.25. The van der Waals surface area contributed by atoms with Gasteiger partial charge >= 0.3 is 6.18 Å². The second-order valence-electron chi connectivity index (χ2n) is 5.22. The zero-order valence-electron chi connectivity index (χ0n) is 11.7. The van der Waals surface area contributed by atoms with Gasteiger partial charge in [0.15, 0.2) is 0 Å². The normalized spacial score (nSPS) is 19.5. The molecule has 0 radical (unpaired) electrons. The van der Waals surface area contributed by atoms with Crippen LogP contribution in [0.2, 0.25) is 0 Å². The van der Waals surface area contributed by atoms with Gasteiger partial charge in [-0.2, -0.15) is 13.2 Å². The topological polar surface area (TPSA) is 54.0 Å². The van der Waals surface area contributed by atoms with Gasteiger partial charge < -0.3 is 9.72 Å². The number of pyridine rings is 1. The molecule has 1 saturated heterocycles. The highest BCUT2D eigenvalue weighted by molar-refractivity contribution is 5.20. The average molecular weight is 312 g/mol. The number of imidazole rings is 1. The van der Waals surface area contributed by atoms with Gasteiger partial charge in [-0.3, -0.25) is 4.90 Å². The van der Waals surface area contributed by atoms with Crippen LogP contribution in [0, 0.1) is 0 Å². The van der Waals surface area contributed by atoms with Gasteiger partial charge in [0.05, 0.1) is 11.9 Å². The van der Waals surface area contributed by atoms with Crippen molar-refractivity contribution in [3.8, 4) is 5.88 Å². The largest absolute Gasteiger partial charge is 0.473 e. The molecule has 0 aliphatic carbocycles. The molecule has 5 nitrogen and oxygen atoms in total. The number of hydrogen-bond donors (Lipinski definition) is 1. The second-order valence-corrected chi connectivity index (χ2v) is 5.22. The number of nitrogens with one attached hydrogen (secondary N) is 1. The van der Waals surface area contributed by atoms with Crippen LogP contribution in [-0.2, 0) is 12.7 Å². The van der Waals surface area contributed by atoms with Gasteiger partial charge in [-0.1, -0.05) is 0 Å². The first kappa shape index (κ1) is 14.8. The third-order valence-corrected chi connectivity index (χ3v) is 3.53. The molecular weight excluding hydrogens is 297 g/mol. The van der Waals surface area contributed by atoms with E-state index in [1.165, 1.54) is 6.07 Å². The summed E-state index contributed by atoms with van der Waals surface area (Å²) >= 11 is 0. The van der Waals surface area contributed by atoms with Crippen molar-refractivity contribution >= 4 is 0 Å². The van der Waals surface area contributed by atoms with E-state index in [1.54, 1.807) is 12.5 Å². The Morgan fingerprint density at radius 2 is 2.18 bits per heavy atom. The van der Waals surface area contributed by atoms with Gasteiger partial charge in [0.2, 0.25) is 5.88 Å². The molecule has 1 aliphatic rings. The maximum atomic E-state index is 12.5. The highest BCUT2D eigenvalue weighted by Crippen LogP contribution is 2.29. The van der Waals surface area contributed by atoms with E-state index in [9.17, 15) is 13.2 Å². The Hall–Kier alpha value is -2.09. The van der Waals surface area contributed by atoms with Crippen LogP contribution in [0.1, 0.15) is 17.7 Å². The zero-order chi connectivity index (χ0) is 15.6. The van der Waals surface area contributed by atoms with Gasteiger partial charge in [0, 0.05) is 43.8 Å². The summed E-state index contributed by atoms with van der Waals surface area (Å²) in [6.45, 7) is 2.33. The number of alkyl halides is 3.